The minimum Gasteiger partial charge on any atom is -0.459 e. The number of aromatic amines is 1. The molecule has 0 saturated carbocycles. The van der Waals surface area contributed by atoms with Crippen molar-refractivity contribution in [1.82, 2.24) is 19.9 Å². The van der Waals surface area contributed by atoms with Gasteiger partial charge in [-0.05, 0) is 62.6 Å². The van der Waals surface area contributed by atoms with Crippen LogP contribution < -0.4 is 0 Å². The van der Waals surface area contributed by atoms with Crippen molar-refractivity contribution in [3.8, 4) is 0 Å². The first-order valence-corrected chi connectivity index (χ1v) is 9.84. The van der Waals surface area contributed by atoms with Gasteiger partial charge in [-0.25, -0.2) is 4.79 Å². The number of aromatic nitrogens is 3. The van der Waals surface area contributed by atoms with Crippen LogP contribution in [0.1, 0.15) is 57.1 Å². The van der Waals surface area contributed by atoms with Gasteiger partial charge < -0.3 is 14.6 Å². The van der Waals surface area contributed by atoms with Gasteiger partial charge in [0.25, 0.3) is 5.91 Å². The lowest BCUT2D eigenvalue weighted by Crippen LogP contribution is -2.31. The van der Waals surface area contributed by atoms with Crippen molar-refractivity contribution in [3.05, 3.63) is 82.7 Å². The fourth-order valence-electron chi connectivity index (χ4n) is 3.32. The highest BCUT2D eigenvalue weighted by Gasteiger charge is 2.26. The molecule has 3 aromatic heterocycles. The van der Waals surface area contributed by atoms with Crippen molar-refractivity contribution >= 4 is 11.9 Å². The van der Waals surface area contributed by atoms with Gasteiger partial charge in [-0.2, -0.15) is 0 Å². The van der Waals surface area contributed by atoms with E-state index in [4.69, 9.17) is 4.74 Å². The summed E-state index contributed by atoms with van der Waals surface area (Å²) in [6.45, 7) is 7.92. The van der Waals surface area contributed by atoms with E-state index in [9.17, 15) is 9.59 Å². The standard InChI is InChI=1S/C23H26N4O3/c1-15(2)30-23(29)20-16(3)21(26-17(20)4)22(28)27(13-18-7-10-24-11-8-18)14-19-6-5-9-25-12-19/h5-12,15,26H,13-14H2,1-4H3. The number of ether oxygens (including phenoxy) is 1. The van der Waals surface area contributed by atoms with Crippen LogP contribution in [0.3, 0.4) is 0 Å². The van der Waals surface area contributed by atoms with E-state index in [1.165, 1.54) is 0 Å². The molecule has 0 unspecified atom stereocenters. The van der Waals surface area contributed by atoms with Gasteiger partial charge in [0.2, 0.25) is 0 Å². The predicted molar refractivity (Wildman–Crippen MR) is 113 cm³/mol. The van der Waals surface area contributed by atoms with Crippen molar-refractivity contribution < 1.29 is 14.3 Å². The lowest BCUT2D eigenvalue weighted by Gasteiger charge is -2.23. The first-order valence-electron chi connectivity index (χ1n) is 9.84. The van der Waals surface area contributed by atoms with E-state index in [1.807, 2.05) is 24.3 Å². The van der Waals surface area contributed by atoms with Crippen LogP contribution in [-0.4, -0.2) is 37.8 Å². The quantitative estimate of drug-likeness (QED) is 0.603. The number of amides is 1. The topological polar surface area (TPSA) is 88.2 Å². The van der Waals surface area contributed by atoms with E-state index in [1.54, 1.807) is 57.4 Å². The second-order valence-electron chi connectivity index (χ2n) is 7.46. The molecule has 0 aliphatic heterocycles. The minimum absolute atomic E-state index is 0.195. The smallest absolute Gasteiger partial charge is 0.340 e. The molecule has 0 spiro atoms. The van der Waals surface area contributed by atoms with Crippen molar-refractivity contribution in [1.29, 1.82) is 0 Å². The molecule has 0 atom stereocenters. The van der Waals surface area contributed by atoms with Crippen molar-refractivity contribution in [2.24, 2.45) is 0 Å². The second-order valence-corrected chi connectivity index (χ2v) is 7.46. The highest BCUT2D eigenvalue weighted by atomic mass is 16.5. The maximum atomic E-state index is 13.5. The number of rotatable bonds is 7. The zero-order valence-electron chi connectivity index (χ0n) is 17.7. The normalized spacial score (nSPS) is 10.8. The van der Waals surface area contributed by atoms with Crippen LogP contribution in [0.4, 0.5) is 0 Å². The molecule has 3 aromatic rings. The van der Waals surface area contributed by atoms with Gasteiger partial charge in [0.15, 0.2) is 0 Å². The third-order valence-electron chi connectivity index (χ3n) is 4.70. The molecular formula is C23H26N4O3. The Kier molecular flexibility index (Phi) is 6.61. The molecule has 7 heteroatoms. The Morgan fingerprint density at radius 1 is 1.03 bits per heavy atom. The monoisotopic (exact) mass is 406 g/mol. The van der Waals surface area contributed by atoms with Crippen molar-refractivity contribution in [2.75, 3.05) is 0 Å². The average molecular weight is 406 g/mol. The maximum Gasteiger partial charge on any atom is 0.340 e. The molecule has 0 aliphatic carbocycles. The zero-order valence-corrected chi connectivity index (χ0v) is 17.7. The summed E-state index contributed by atoms with van der Waals surface area (Å²) in [6.07, 6.45) is 6.60. The van der Waals surface area contributed by atoms with Gasteiger partial charge in [0.1, 0.15) is 5.69 Å². The number of nitrogens with one attached hydrogen (secondary N) is 1. The van der Waals surface area contributed by atoms with E-state index in [0.29, 0.717) is 35.6 Å². The first kappa shape index (κ1) is 21.2. The zero-order chi connectivity index (χ0) is 21.7. The summed E-state index contributed by atoms with van der Waals surface area (Å²) >= 11 is 0. The van der Waals surface area contributed by atoms with Crippen LogP contribution in [0.5, 0.6) is 0 Å². The number of pyridine rings is 2. The third-order valence-corrected chi connectivity index (χ3v) is 4.70. The third kappa shape index (κ3) is 4.92. The van der Waals surface area contributed by atoms with Crippen LogP contribution in [0.15, 0.2) is 49.1 Å². The number of carbonyl (C=O) groups excluding carboxylic acids is 2. The Morgan fingerprint density at radius 2 is 1.73 bits per heavy atom. The van der Waals surface area contributed by atoms with Crippen LogP contribution in [-0.2, 0) is 17.8 Å². The summed E-state index contributed by atoms with van der Waals surface area (Å²) in [5.74, 6) is -0.622. The lowest BCUT2D eigenvalue weighted by atomic mass is 10.1. The Morgan fingerprint density at radius 3 is 2.37 bits per heavy atom. The molecule has 156 valence electrons. The van der Waals surface area contributed by atoms with E-state index in [0.717, 1.165) is 11.1 Å². The number of hydrogen-bond donors (Lipinski definition) is 1. The Hall–Kier alpha value is -3.48. The van der Waals surface area contributed by atoms with E-state index in [2.05, 4.69) is 15.0 Å². The number of esters is 1. The molecule has 3 rings (SSSR count). The molecule has 0 aliphatic rings. The van der Waals surface area contributed by atoms with Gasteiger partial charge in [-0.1, -0.05) is 6.07 Å². The Bertz CT molecular complexity index is 972. The number of aryl methyl sites for hydroxylation is 1. The van der Waals surface area contributed by atoms with E-state index >= 15 is 0 Å². The molecule has 0 aromatic carbocycles. The summed E-state index contributed by atoms with van der Waals surface area (Å²) in [7, 11) is 0. The maximum absolute atomic E-state index is 13.5. The summed E-state index contributed by atoms with van der Waals surface area (Å²) in [5.41, 5.74) is 3.89. The summed E-state index contributed by atoms with van der Waals surface area (Å²) in [6, 6.07) is 7.52. The molecule has 0 fully saturated rings. The Balaban J connectivity index is 1.93. The van der Waals surface area contributed by atoms with Crippen molar-refractivity contribution in [3.63, 3.8) is 0 Å². The van der Waals surface area contributed by atoms with Crippen LogP contribution in [0.2, 0.25) is 0 Å². The second kappa shape index (κ2) is 9.35. The van der Waals surface area contributed by atoms with Gasteiger partial charge in [0, 0.05) is 43.6 Å². The largest absolute Gasteiger partial charge is 0.459 e. The summed E-state index contributed by atoms with van der Waals surface area (Å²) < 4.78 is 5.34. The first-order chi connectivity index (χ1) is 14.4. The molecule has 1 amide bonds. The molecule has 0 saturated heterocycles. The predicted octanol–water partition coefficient (Wildman–Crippen LogP) is 3.83. The molecule has 7 nitrogen and oxygen atoms in total. The van der Waals surface area contributed by atoms with Crippen LogP contribution in [0.25, 0.3) is 0 Å². The highest BCUT2D eigenvalue weighted by Crippen LogP contribution is 2.22. The molecule has 0 bridgehead atoms. The van der Waals surface area contributed by atoms with Gasteiger partial charge in [-0.15, -0.1) is 0 Å². The van der Waals surface area contributed by atoms with Crippen LogP contribution >= 0.6 is 0 Å². The van der Waals surface area contributed by atoms with Crippen molar-refractivity contribution in [2.45, 2.75) is 46.9 Å². The number of nitrogens with zero attached hydrogens (tertiary/aromatic N) is 3. The molecule has 3 heterocycles. The minimum atomic E-state index is -0.428. The van der Waals surface area contributed by atoms with Gasteiger partial charge >= 0.3 is 5.97 Å². The molecular weight excluding hydrogens is 380 g/mol. The number of H-pyrrole nitrogens is 1. The van der Waals surface area contributed by atoms with Gasteiger partial charge in [0.05, 0.1) is 11.7 Å². The molecule has 30 heavy (non-hydrogen) atoms. The number of hydrogen-bond acceptors (Lipinski definition) is 5. The fourth-order valence-corrected chi connectivity index (χ4v) is 3.32. The summed E-state index contributed by atoms with van der Waals surface area (Å²) in [4.78, 5) is 39.0. The lowest BCUT2D eigenvalue weighted by molar-refractivity contribution is 0.0376. The fraction of sp³-hybridized carbons (Fsp3) is 0.304. The highest BCUT2D eigenvalue weighted by molar-refractivity contribution is 6.00. The average Bonchev–Trinajstić information content (AvgIpc) is 3.02. The van der Waals surface area contributed by atoms with Crippen LogP contribution in [0, 0.1) is 13.8 Å². The van der Waals surface area contributed by atoms with E-state index in [-0.39, 0.29) is 12.0 Å². The van der Waals surface area contributed by atoms with Gasteiger partial charge in [-0.3, -0.25) is 14.8 Å². The number of carbonyl (C=O) groups is 2. The molecule has 0 radical (unpaired) electrons. The van der Waals surface area contributed by atoms with E-state index < -0.39 is 5.97 Å². The Labute approximate surface area is 176 Å². The molecule has 1 N–H and O–H groups in total. The summed E-state index contributed by atoms with van der Waals surface area (Å²) in [5, 5.41) is 0. The SMILES string of the molecule is Cc1[nH]c(C(=O)N(Cc2ccncc2)Cc2cccnc2)c(C)c1C(=O)OC(C)C.